The van der Waals surface area contributed by atoms with Crippen molar-refractivity contribution in [1.29, 1.82) is 0 Å². The number of benzene rings is 1. The Morgan fingerprint density at radius 3 is 2.57 bits per heavy atom. The fourth-order valence-corrected chi connectivity index (χ4v) is 4.36. The maximum atomic E-state index is 13.5. The first-order valence-electron chi connectivity index (χ1n) is 10.5. The monoisotopic (exact) mass is 381 g/mol. The molecule has 1 aliphatic carbocycles. The minimum atomic E-state index is -0.905. The van der Waals surface area contributed by atoms with Crippen LogP contribution in [0.4, 0.5) is 0 Å². The molecule has 28 heavy (non-hydrogen) atoms. The summed E-state index contributed by atoms with van der Waals surface area (Å²) in [5.74, 6) is 0.686. The largest absolute Gasteiger partial charge is 0.386 e. The molecule has 4 rings (SSSR count). The van der Waals surface area contributed by atoms with Crippen molar-refractivity contribution in [1.82, 2.24) is 14.7 Å². The number of aliphatic hydroxyl groups is 1. The first-order chi connectivity index (χ1) is 13.3. The number of hydrogen-bond acceptors (Lipinski definition) is 3. The van der Waals surface area contributed by atoms with Gasteiger partial charge in [0.15, 0.2) is 0 Å². The number of hydrogen-bond donors (Lipinski definition) is 1. The van der Waals surface area contributed by atoms with Crippen LogP contribution >= 0.6 is 0 Å². The Kier molecular flexibility index (Phi) is 5.04. The zero-order valence-electron chi connectivity index (χ0n) is 17.1. The van der Waals surface area contributed by atoms with Crippen LogP contribution in [0.25, 0.3) is 0 Å². The molecule has 0 unspecified atom stereocenters. The number of aromatic nitrogens is 2. The van der Waals surface area contributed by atoms with Crippen molar-refractivity contribution < 1.29 is 9.90 Å². The Morgan fingerprint density at radius 2 is 1.93 bits per heavy atom. The lowest BCUT2D eigenvalue weighted by molar-refractivity contribution is 0.0554. The van der Waals surface area contributed by atoms with Crippen LogP contribution < -0.4 is 0 Å². The molecule has 1 saturated heterocycles. The summed E-state index contributed by atoms with van der Waals surface area (Å²) in [4.78, 5) is 15.5. The van der Waals surface area contributed by atoms with Gasteiger partial charge in [-0.25, -0.2) is 0 Å². The summed E-state index contributed by atoms with van der Waals surface area (Å²) in [6.45, 7) is 6.34. The van der Waals surface area contributed by atoms with E-state index >= 15 is 0 Å². The van der Waals surface area contributed by atoms with E-state index < -0.39 is 5.60 Å². The van der Waals surface area contributed by atoms with Crippen molar-refractivity contribution in [2.24, 2.45) is 0 Å². The molecule has 1 saturated carbocycles. The Hall–Kier alpha value is -2.14. The molecule has 0 bridgehead atoms. The summed E-state index contributed by atoms with van der Waals surface area (Å²) < 4.78 is 1.93. The van der Waals surface area contributed by atoms with E-state index in [1.165, 1.54) is 24.8 Å². The Balaban J connectivity index is 1.56. The minimum Gasteiger partial charge on any atom is -0.386 e. The molecule has 1 aromatic carbocycles. The Morgan fingerprint density at radius 1 is 1.18 bits per heavy atom. The van der Waals surface area contributed by atoms with Crippen LogP contribution in [0.1, 0.15) is 86.3 Å². The van der Waals surface area contributed by atoms with E-state index in [2.05, 4.69) is 24.2 Å². The van der Waals surface area contributed by atoms with Crippen molar-refractivity contribution >= 4 is 5.91 Å². The van der Waals surface area contributed by atoms with Crippen molar-refractivity contribution in [3.05, 3.63) is 53.3 Å². The highest BCUT2D eigenvalue weighted by molar-refractivity contribution is 5.96. The molecule has 5 nitrogen and oxygen atoms in total. The Bertz CT molecular complexity index is 848. The highest BCUT2D eigenvalue weighted by Crippen LogP contribution is 2.39. The summed E-state index contributed by atoms with van der Waals surface area (Å²) in [7, 11) is 0. The number of carbonyl (C=O) groups excluding carboxylic acids is 1. The number of piperidine rings is 1. The summed E-state index contributed by atoms with van der Waals surface area (Å²) in [6, 6.07) is 8.52. The molecule has 0 radical (unpaired) electrons. The lowest BCUT2D eigenvalue weighted by atomic mass is 9.78. The summed E-state index contributed by atoms with van der Waals surface area (Å²) in [5, 5.41) is 14.7. The van der Waals surface area contributed by atoms with Gasteiger partial charge in [0.25, 0.3) is 5.91 Å². The SMILES string of the molecule is C[C@@H]1CC[C@@H](n2cc(C(C)(C)O)cn2)CN1C(=O)c1ccccc1C1CCC1. The third-order valence-electron chi connectivity index (χ3n) is 6.54. The summed E-state index contributed by atoms with van der Waals surface area (Å²) >= 11 is 0. The first kappa shape index (κ1) is 19.2. The highest BCUT2D eigenvalue weighted by Gasteiger charge is 2.33. The van der Waals surface area contributed by atoms with Gasteiger partial charge in [0, 0.05) is 29.9 Å². The van der Waals surface area contributed by atoms with Crippen molar-refractivity contribution in [3.8, 4) is 0 Å². The lowest BCUT2D eigenvalue weighted by Gasteiger charge is -2.39. The number of nitrogens with zero attached hydrogens (tertiary/aromatic N) is 3. The van der Waals surface area contributed by atoms with Gasteiger partial charge in [0.05, 0.1) is 17.8 Å². The van der Waals surface area contributed by atoms with Crippen LogP contribution in [0.5, 0.6) is 0 Å². The summed E-state index contributed by atoms with van der Waals surface area (Å²) in [5.41, 5.74) is 1.99. The van der Waals surface area contributed by atoms with Crippen LogP contribution in [0.2, 0.25) is 0 Å². The van der Waals surface area contributed by atoms with E-state index in [-0.39, 0.29) is 18.0 Å². The molecule has 1 aliphatic heterocycles. The molecule has 2 heterocycles. The Labute approximate surface area is 167 Å². The van der Waals surface area contributed by atoms with Crippen LogP contribution in [0.15, 0.2) is 36.7 Å². The van der Waals surface area contributed by atoms with Crippen LogP contribution in [0, 0.1) is 0 Å². The number of likely N-dealkylation sites (tertiary alicyclic amines) is 1. The molecule has 2 fully saturated rings. The second-order valence-electron chi connectivity index (χ2n) is 9.02. The van der Waals surface area contributed by atoms with Gasteiger partial charge in [-0.1, -0.05) is 24.6 Å². The van der Waals surface area contributed by atoms with Crippen LogP contribution in [-0.4, -0.2) is 38.3 Å². The molecule has 2 aliphatic rings. The second kappa shape index (κ2) is 7.36. The average Bonchev–Trinajstić information content (AvgIpc) is 3.11. The molecule has 2 aromatic rings. The minimum absolute atomic E-state index is 0.145. The van der Waals surface area contributed by atoms with Gasteiger partial charge in [-0.15, -0.1) is 0 Å². The molecule has 5 heteroatoms. The molecular formula is C23H31N3O2. The van der Waals surface area contributed by atoms with Gasteiger partial charge in [0.1, 0.15) is 0 Å². The number of rotatable bonds is 4. The standard InChI is InChI=1S/C23H31N3O2/c1-16-11-12-19(26-14-18(13-24-26)23(2,3)28)15-25(16)22(27)21-10-5-4-9-20(21)17-7-6-8-17/h4-5,9-10,13-14,16-17,19,28H,6-8,11-12,15H2,1-3H3/t16-,19-/m1/s1. The van der Waals surface area contributed by atoms with E-state index in [0.29, 0.717) is 12.5 Å². The third kappa shape index (κ3) is 3.60. The van der Waals surface area contributed by atoms with Gasteiger partial charge in [-0.2, -0.15) is 5.10 Å². The molecule has 1 N–H and O–H groups in total. The smallest absolute Gasteiger partial charge is 0.254 e. The highest BCUT2D eigenvalue weighted by atomic mass is 16.3. The molecule has 0 spiro atoms. The van der Waals surface area contributed by atoms with Crippen molar-refractivity contribution in [2.75, 3.05) is 6.54 Å². The van der Waals surface area contributed by atoms with E-state index in [9.17, 15) is 9.90 Å². The van der Waals surface area contributed by atoms with Gasteiger partial charge in [0.2, 0.25) is 0 Å². The zero-order valence-corrected chi connectivity index (χ0v) is 17.1. The quantitative estimate of drug-likeness (QED) is 0.862. The fourth-order valence-electron chi connectivity index (χ4n) is 4.36. The zero-order chi connectivity index (χ0) is 19.9. The maximum absolute atomic E-state index is 13.5. The predicted octanol–water partition coefficient (Wildman–Crippen LogP) is 4.24. The van der Waals surface area contributed by atoms with E-state index in [4.69, 9.17) is 0 Å². The fraction of sp³-hybridized carbons (Fsp3) is 0.565. The van der Waals surface area contributed by atoms with Gasteiger partial charge in [-0.05, 0) is 64.0 Å². The number of carbonyl (C=O) groups is 1. The average molecular weight is 382 g/mol. The van der Waals surface area contributed by atoms with Gasteiger partial charge < -0.3 is 10.0 Å². The van der Waals surface area contributed by atoms with Crippen LogP contribution in [-0.2, 0) is 5.60 Å². The molecule has 150 valence electrons. The third-order valence-corrected chi connectivity index (χ3v) is 6.54. The topological polar surface area (TPSA) is 58.4 Å². The van der Waals surface area contributed by atoms with Gasteiger partial charge in [-0.3, -0.25) is 9.48 Å². The predicted molar refractivity (Wildman–Crippen MR) is 109 cm³/mol. The molecule has 1 aromatic heterocycles. The van der Waals surface area contributed by atoms with E-state index in [1.54, 1.807) is 20.0 Å². The number of amides is 1. The summed E-state index contributed by atoms with van der Waals surface area (Å²) in [6.07, 6.45) is 9.24. The van der Waals surface area contributed by atoms with Crippen molar-refractivity contribution in [3.63, 3.8) is 0 Å². The van der Waals surface area contributed by atoms with Gasteiger partial charge >= 0.3 is 0 Å². The molecule has 1 amide bonds. The lowest BCUT2D eigenvalue weighted by Crippen LogP contribution is -2.46. The second-order valence-corrected chi connectivity index (χ2v) is 9.02. The molecular weight excluding hydrogens is 350 g/mol. The van der Waals surface area contributed by atoms with Crippen molar-refractivity contribution in [2.45, 2.75) is 76.5 Å². The first-order valence-corrected chi connectivity index (χ1v) is 10.5. The normalized spacial score (nSPS) is 23.5. The van der Waals surface area contributed by atoms with Crippen LogP contribution in [0.3, 0.4) is 0 Å². The van der Waals surface area contributed by atoms with E-state index in [0.717, 1.165) is 24.0 Å². The maximum Gasteiger partial charge on any atom is 0.254 e. The molecule has 2 atom stereocenters. The van der Waals surface area contributed by atoms with E-state index in [1.807, 2.05) is 27.9 Å².